The number of ether oxygens (including phenoxy) is 1. The number of nitrogens with zero attached hydrogens (tertiary/aromatic N) is 1. The summed E-state index contributed by atoms with van der Waals surface area (Å²) in [7, 11) is 1.69. The molecule has 0 aliphatic carbocycles. The van der Waals surface area contributed by atoms with Gasteiger partial charge in [0.25, 0.3) is 0 Å². The van der Waals surface area contributed by atoms with E-state index >= 15 is 0 Å². The predicted molar refractivity (Wildman–Crippen MR) is 104 cm³/mol. The average molecular weight is 325 g/mol. The summed E-state index contributed by atoms with van der Waals surface area (Å²) in [6, 6.07) is 27.1. The summed E-state index contributed by atoms with van der Waals surface area (Å²) in [6.07, 6.45) is 0. The van der Waals surface area contributed by atoms with E-state index in [2.05, 4.69) is 67.6 Å². The number of aryl methyl sites for hydroxylation is 1. The van der Waals surface area contributed by atoms with E-state index in [-0.39, 0.29) is 0 Å². The largest absolute Gasteiger partial charge is 0.494 e. The number of pyridine rings is 1. The Bertz CT molecular complexity index is 1020. The van der Waals surface area contributed by atoms with Crippen LogP contribution >= 0.6 is 0 Å². The molecule has 0 saturated carbocycles. The summed E-state index contributed by atoms with van der Waals surface area (Å²) >= 11 is 0. The lowest BCUT2D eigenvalue weighted by Gasteiger charge is -2.13. The number of benzene rings is 3. The minimum absolute atomic E-state index is 0.795. The van der Waals surface area contributed by atoms with Gasteiger partial charge in [-0.15, -0.1) is 0 Å². The quantitative estimate of drug-likeness (QED) is 0.469. The molecule has 4 aromatic rings. The second kappa shape index (κ2) is 6.40. The van der Waals surface area contributed by atoms with Crippen molar-refractivity contribution in [1.82, 2.24) is 4.98 Å². The molecule has 2 nitrogen and oxygen atoms in total. The number of methoxy groups -OCH3 is 1. The van der Waals surface area contributed by atoms with E-state index in [1.165, 1.54) is 16.7 Å². The first-order valence-corrected chi connectivity index (χ1v) is 8.36. The molecule has 1 heterocycles. The molecule has 2 heteroatoms. The topological polar surface area (TPSA) is 22.1 Å². The van der Waals surface area contributed by atoms with Crippen molar-refractivity contribution < 1.29 is 4.74 Å². The van der Waals surface area contributed by atoms with Gasteiger partial charge in [-0.25, -0.2) is 4.98 Å². The molecule has 0 bridgehead atoms. The number of hydrogen-bond acceptors (Lipinski definition) is 2. The normalized spacial score (nSPS) is 10.8. The Morgan fingerprint density at radius 1 is 0.760 bits per heavy atom. The second-order valence-electron chi connectivity index (χ2n) is 6.14. The maximum Gasteiger partial charge on any atom is 0.145 e. The van der Waals surface area contributed by atoms with Crippen LogP contribution in [0.2, 0.25) is 0 Å². The molecule has 0 unspecified atom stereocenters. The first kappa shape index (κ1) is 15.4. The van der Waals surface area contributed by atoms with Gasteiger partial charge in [0.05, 0.1) is 12.8 Å². The highest BCUT2D eigenvalue weighted by atomic mass is 16.5. The third-order valence-electron chi connectivity index (χ3n) is 4.45. The first-order chi connectivity index (χ1) is 12.3. The molecule has 0 spiro atoms. The Morgan fingerprint density at radius 2 is 1.52 bits per heavy atom. The average Bonchev–Trinajstić information content (AvgIpc) is 2.68. The predicted octanol–water partition coefficient (Wildman–Crippen LogP) is 5.89. The van der Waals surface area contributed by atoms with Crippen molar-refractivity contribution in [3.63, 3.8) is 0 Å². The summed E-state index contributed by atoms with van der Waals surface area (Å²) in [6.45, 7) is 2.09. The van der Waals surface area contributed by atoms with Crippen molar-refractivity contribution in [1.29, 1.82) is 0 Å². The summed E-state index contributed by atoms with van der Waals surface area (Å²) < 4.78 is 5.57. The van der Waals surface area contributed by atoms with Crippen LogP contribution in [0, 0.1) is 6.92 Å². The van der Waals surface area contributed by atoms with E-state index in [0.717, 1.165) is 27.9 Å². The van der Waals surface area contributed by atoms with Crippen LogP contribution in [0.3, 0.4) is 0 Å². The maximum absolute atomic E-state index is 5.57. The van der Waals surface area contributed by atoms with Crippen LogP contribution in [0.1, 0.15) is 5.56 Å². The summed E-state index contributed by atoms with van der Waals surface area (Å²) in [5, 5.41) is 1.10. The zero-order valence-electron chi connectivity index (χ0n) is 14.4. The Labute approximate surface area is 147 Å². The summed E-state index contributed by atoms with van der Waals surface area (Å²) in [4.78, 5) is 4.91. The van der Waals surface area contributed by atoms with Crippen LogP contribution in [0.15, 0.2) is 78.9 Å². The molecular formula is C23H19NO. The minimum Gasteiger partial charge on any atom is -0.494 e. The van der Waals surface area contributed by atoms with Gasteiger partial charge in [-0.1, -0.05) is 72.3 Å². The summed E-state index contributed by atoms with van der Waals surface area (Å²) in [5.74, 6) is 0.795. The van der Waals surface area contributed by atoms with Gasteiger partial charge in [-0.2, -0.15) is 0 Å². The van der Waals surface area contributed by atoms with Gasteiger partial charge in [0.1, 0.15) is 11.3 Å². The smallest absolute Gasteiger partial charge is 0.145 e. The van der Waals surface area contributed by atoms with Crippen LogP contribution in [0.4, 0.5) is 0 Å². The fourth-order valence-electron chi connectivity index (χ4n) is 3.12. The third-order valence-corrected chi connectivity index (χ3v) is 4.45. The Balaban J connectivity index is 2.03. The standard InChI is InChI=1S/C23H19NO/c1-16-11-13-18(14-12-16)21-15-20(17-7-4-3-5-8-17)19-9-6-10-22(25-2)23(19)24-21/h3-15H,1-2H3. The molecule has 1 aromatic heterocycles. The molecule has 4 rings (SSSR count). The van der Waals surface area contributed by atoms with Gasteiger partial charge in [-0.05, 0) is 30.2 Å². The molecule has 0 N–H and O–H groups in total. The van der Waals surface area contributed by atoms with Crippen molar-refractivity contribution in [2.45, 2.75) is 6.92 Å². The highest BCUT2D eigenvalue weighted by molar-refractivity contribution is 5.99. The Kier molecular flexibility index (Phi) is 3.95. The number of hydrogen-bond donors (Lipinski definition) is 0. The van der Waals surface area contributed by atoms with Crippen molar-refractivity contribution in [2.75, 3.05) is 7.11 Å². The van der Waals surface area contributed by atoms with Gasteiger partial charge >= 0.3 is 0 Å². The molecule has 122 valence electrons. The molecule has 0 radical (unpaired) electrons. The number of fused-ring (bicyclic) bond motifs is 1. The summed E-state index contributed by atoms with van der Waals surface area (Å²) in [5.41, 5.74) is 6.54. The zero-order valence-corrected chi connectivity index (χ0v) is 14.4. The van der Waals surface area contributed by atoms with E-state index in [1.807, 2.05) is 18.2 Å². The lowest BCUT2D eigenvalue weighted by Crippen LogP contribution is -1.93. The Hall–Kier alpha value is -3.13. The van der Waals surface area contributed by atoms with Crippen LogP contribution < -0.4 is 4.74 Å². The van der Waals surface area contributed by atoms with E-state index in [4.69, 9.17) is 9.72 Å². The van der Waals surface area contributed by atoms with E-state index in [9.17, 15) is 0 Å². The highest BCUT2D eigenvalue weighted by Gasteiger charge is 2.12. The van der Waals surface area contributed by atoms with Crippen LogP contribution in [0.5, 0.6) is 5.75 Å². The molecule has 3 aromatic carbocycles. The van der Waals surface area contributed by atoms with E-state index in [1.54, 1.807) is 7.11 Å². The molecular weight excluding hydrogens is 306 g/mol. The van der Waals surface area contributed by atoms with Crippen LogP contribution in [-0.4, -0.2) is 12.1 Å². The lowest BCUT2D eigenvalue weighted by atomic mass is 9.98. The van der Waals surface area contributed by atoms with Gasteiger partial charge < -0.3 is 4.74 Å². The van der Waals surface area contributed by atoms with Crippen LogP contribution in [0.25, 0.3) is 33.3 Å². The molecule has 25 heavy (non-hydrogen) atoms. The van der Waals surface area contributed by atoms with Gasteiger partial charge in [0.2, 0.25) is 0 Å². The van der Waals surface area contributed by atoms with Crippen LogP contribution in [-0.2, 0) is 0 Å². The maximum atomic E-state index is 5.57. The second-order valence-corrected chi connectivity index (χ2v) is 6.14. The molecule has 0 saturated heterocycles. The van der Waals surface area contributed by atoms with E-state index in [0.29, 0.717) is 0 Å². The van der Waals surface area contributed by atoms with Crippen molar-refractivity contribution in [2.24, 2.45) is 0 Å². The van der Waals surface area contributed by atoms with Crippen molar-refractivity contribution in [3.8, 4) is 28.1 Å². The van der Waals surface area contributed by atoms with Crippen molar-refractivity contribution >= 4 is 10.9 Å². The monoisotopic (exact) mass is 325 g/mol. The SMILES string of the molecule is COc1cccc2c(-c3ccccc3)cc(-c3ccc(C)cc3)nc12. The fourth-order valence-corrected chi connectivity index (χ4v) is 3.12. The molecule has 0 aliphatic heterocycles. The number of aromatic nitrogens is 1. The van der Waals surface area contributed by atoms with E-state index < -0.39 is 0 Å². The Morgan fingerprint density at radius 3 is 2.24 bits per heavy atom. The zero-order chi connectivity index (χ0) is 17.2. The van der Waals surface area contributed by atoms with Gasteiger partial charge in [0, 0.05) is 10.9 Å². The number of rotatable bonds is 3. The van der Waals surface area contributed by atoms with Crippen molar-refractivity contribution in [3.05, 3.63) is 84.4 Å². The molecule has 0 aliphatic rings. The molecule has 0 atom stereocenters. The molecule has 0 fully saturated rings. The van der Waals surface area contributed by atoms with Gasteiger partial charge in [0.15, 0.2) is 0 Å². The highest BCUT2D eigenvalue weighted by Crippen LogP contribution is 2.35. The third kappa shape index (κ3) is 2.87. The lowest BCUT2D eigenvalue weighted by molar-refractivity contribution is 0.419. The fraction of sp³-hybridized carbons (Fsp3) is 0.0870. The minimum atomic E-state index is 0.795. The molecule has 0 amide bonds. The van der Waals surface area contributed by atoms with Gasteiger partial charge in [-0.3, -0.25) is 0 Å². The first-order valence-electron chi connectivity index (χ1n) is 8.36. The number of para-hydroxylation sites is 1.